The number of aliphatic hydroxyl groups is 1. The van der Waals surface area contributed by atoms with Gasteiger partial charge in [0, 0.05) is 23.2 Å². The summed E-state index contributed by atoms with van der Waals surface area (Å²) in [5.41, 5.74) is 3.62. The molecule has 0 saturated carbocycles. The molecule has 156 valence electrons. The lowest BCUT2D eigenvalue weighted by Crippen LogP contribution is -2.13. The van der Waals surface area contributed by atoms with E-state index < -0.39 is 0 Å². The number of hydrogen-bond acceptors (Lipinski definition) is 5. The molecule has 0 saturated heterocycles. The third-order valence-electron chi connectivity index (χ3n) is 5.29. The minimum atomic E-state index is -0.207. The molecule has 0 spiro atoms. The van der Waals surface area contributed by atoms with Crippen molar-refractivity contribution in [3.63, 3.8) is 0 Å². The van der Waals surface area contributed by atoms with Crippen molar-refractivity contribution < 1.29 is 19.4 Å². The van der Waals surface area contributed by atoms with Gasteiger partial charge in [-0.05, 0) is 24.1 Å². The van der Waals surface area contributed by atoms with E-state index in [1.807, 2.05) is 54.6 Å². The molecule has 5 nitrogen and oxygen atoms in total. The van der Waals surface area contributed by atoms with Crippen molar-refractivity contribution in [1.29, 1.82) is 0 Å². The van der Waals surface area contributed by atoms with Crippen molar-refractivity contribution in [3.8, 4) is 11.5 Å². The van der Waals surface area contributed by atoms with E-state index in [1.165, 1.54) is 0 Å². The number of aliphatic imine (C=N–C) groups is 1. The number of ether oxygens (including phenoxy) is 2. The van der Waals surface area contributed by atoms with Gasteiger partial charge in [0.2, 0.25) is 0 Å². The predicted octanol–water partition coefficient (Wildman–Crippen LogP) is 4.90. The molecule has 31 heavy (non-hydrogen) atoms. The Morgan fingerprint density at radius 2 is 1.55 bits per heavy atom. The lowest BCUT2D eigenvalue weighted by Gasteiger charge is -2.10. The van der Waals surface area contributed by atoms with E-state index in [9.17, 15) is 9.90 Å². The predicted molar refractivity (Wildman–Crippen MR) is 121 cm³/mol. The summed E-state index contributed by atoms with van der Waals surface area (Å²) in [6, 6.07) is 22.3. The van der Waals surface area contributed by atoms with Gasteiger partial charge in [-0.3, -0.25) is 9.79 Å². The SMILES string of the molecule is COc1ccc(CCN=C(C2=C(O)c3ccccc3C2=O)c2ccccc2)cc1OC. The van der Waals surface area contributed by atoms with E-state index in [0.717, 1.165) is 11.1 Å². The Kier molecular flexibility index (Phi) is 5.85. The standard InChI is InChI=1S/C26H23NO4/c1-30-21-13-12-17(16-22(21)31-2)14-15-27-24(18-8-4-3-5-9-18)23-25(28)19-10-6-7-11-20(19)26(23)29/h3-13,16,28H,14-15H2,1-2H3. The second kappa shape index (κ2) is 8.88. The Morgan fingerprint density at radius 3 is 2.23 bits per heavy atom. The normalized spacial score (nSPS) is 13.4. The van der Waals surface area contributed by atoms with Gasteiger partial charge in [0.05, 0.1) is 25.5 Å². The summed E-state index contributed by atoms with van der Waals surface area (Å²) in [6.07, 6.45) is 0.645. The largest absolute Gasteiger partial charge is 0.506 e. The third kappa shape index (κ3) is 3.94. The van der Waals surface area contributed by atoms with Gasteiger partial charge in [0.1, 0.15) is 5.76 Å². The molecule has 1 aliphatic carbocycles. The van der Waals surface area contributed by atoms with Crippen LogP contribution in [0.15, 0.2) is 83.4 Å². The molecule has 0 heterocycles. The summed E-state index contributed by atoms with van der Waals surface area (Å²) in [5, 5.41) is 10.8. The maximum atomic E-state index is 13.1. The molecule has 0 amide bonds. The van der Waals surface area contributed by atoms with Gasteiger partial charge in [-0.1, -0.05) is 60.7 Å². The van der Waals surface area contributed by atoms with Crippen molar-refractivity contribution in [2.45, 2.75) is 6.42 Å². The van der Waals surface area contributed by atoms with Crippen LogP contribution in [-0.2, 0) is 6.42 Å². The van der Waals surface area contributed by atoms with E-state index in [-0.39, 0.29) is 17.1 Å². The molecule has 3 aromatic carbocycles. The van der Waals surface area contributed by atoms with Gasteiger partial charge in [-0.15, -0.1) is 0 Å². The Morgan fingerprint density at radius 1 is 0.871 bits per heavy atom. The van der Waals surface area contributed by atoms with E-state index >= 15 is 0 Å². The molecule has 5 heteroatoms. The number of methoxy groups -OCH3 is 2. The molecule has 0 aromatic heterocycles. The minimum Gasteiger partial charge on any atom is -0.506 e. The highest BCUT2D eigenvalue weighted by Gasteiger charge is 2.32. The summed E-state index contributed by atoms with van der Waals surface area (Å²) in [4.78, 5) is 17.8. The fraction of sp³-hybridized carbons (Fsp3) is 0.154. The topological polar surface area (TPSA) is 68.1 Å². The van der Waals surface area contributed by atoms with E-state index in [2.05, 4.69) is 0 Å². The van der Waals surface area contributed by atoms with Gasteiger partial charge in [-0.25, -0.2) is 0 Å². The molecule has 0 aliphatic heterocycles. The second-order valence-electron chi connectivity index (χ2n) is 7.13. The molecule has 0 radical (unpaired) electrons. The quantitative estimate of drug-likeness (QED) is 0.560. The summed E-state index contributed by atoms with van der Waals surface area (Å²) >= 11 is 0. The molecular formula is C26H23NO4. The van der Waals surface area contributed by atoms with Gasteiger partial charge < -0.3 is 14.6 Å². The smallest absolute Gasteiger partial charge is 0.199 e. The Bertz CT molecular complexity index is 1180. The number of ketones is 1. The molecule has 3 aromatic rings. The first-order valence-electron chi connectivity index (χ1n) is 10.0. The molecule has 0 fully saturated rings. The third-order valence-corrected chi connectivity index (χ3v) is 5.29. The van der Waals surface area contributed by atoms with Crippen LogP contribution in [0.1, 0.15) is 27.0 Å². The molecule has 0 atom stereocenters. The van der Waals surface area contributed by atoms with Gasteiger partial charge in [0.25, 0.3) is 0 Å². The number of aliphatic hydroxyl groups excluding tert-OH is 1. The summed E-state index contributed by atoms with van der Waals surface area (Å²) in [6.45, 7) is 0.445. The van der Waals surface area contributed by atoms with Crippen LogP contribution < -0.4 is 9.47 Å². The van der Waals surface area contributed by atoms with E-state index in [4.69, 9.17) is 14.5 Å². The summed E-state index contributed by atoms with van der Waals surface area (Å²) < 4.78 is 10.7. The van der Waals surface area contributed by atoms with Crippen molar-refractivity contribution >= 4 is 17.3 Å². The van der Waals surface area contributed by atoms with E-state index in [1.54, 1.807) is 32.4 Å². The minimum absolute atomic E-state index is 0.0191. The number of hydrogen-bond donors (Lipinski definition) is 1. The molecule has 0 unspecified atom stereocenters. The fourth-order valence-corrected chi connectivity index (χ4v) is 3.73. The number of carbonyl (C=O) groups is 1. The van der Waals surface area contributed by atoms with Crippen LogP contribution >= 0.6 is 0 Å². The zero-order chi connectivity index (χ0) is 21.8. The van der Waals surface area contributed by atoms with Crippen LogP contribution in [-0.4, -0.2) is 37.4 Å². The van der Waals surface area contributed by atoms with Gasteiger partial charge in [-0.2, -0.15) is 0 Å². The van der Waals surface area contributed by atoms with Crippen molar-refractivity contribution in [1.82, 2.24) is 0 Å². The Balaban J connectivity index is 1.67. The van der Waals surface area contributed by atoms with Crippen molar-refractivity contribution in [2.75, 3.05) is 20.8 Å². The van der Waals surface area contributed by atoms with Crippen LogP contribution in [0.2, 0.25) is 0 Å². The van der Waals surface area contributed by atoms with Crippen LogP contribution in [0.5, 0.6) is 11.5 Å². The maximum Gasteiger partial charge on any atom is 0.199 e. The molecule has 4 rings (SSSR count). The van der Waals surface area contributed by atoms with Crippen LogP contribution in [0.25, 0.3) is 5.76 Å². The Hall–Kier alpha value is -3.86. The van der Waals surface area contributed by atoms with Gasteiger partial charge >= 0.3 is 0 Å². The Labute approximate surface area is 181 Å². The monoisotopic (exact) mass is 413 g/mol. The zero-order valence-corrected chi connectivity index (χ0v) is 17.5. The number of allylic oxidation sites excluding steroid dienone is 1. The number of fused-ring (bicyclic) bond motifs is 1. The fourth-order valence-electron chi connectivity index (χ4n) is 3.73. The van der Waals surface area contributed by atoms with Crippen molar-refractivity contribution in [3.05, 3.63) is 101 Å². The number of carbonyl (C=O) groups excluding carboxylic acids is 1. The highest BCUT2D eigenvalue weighted by atomic mass is 16.5. The number of nitrogens with zero attached hydrogens (tertiary/aromatic N) is 1. The lowest BCUT2D eigenvalue weighted by atomic mass is 9.99. The van der Waals surface area contributed by atoms with Crippen LogP contribution in [0.4, 0.5) is 0 Å². The highest BCUT2D eigenvalue weighted by molar-refractivity contribution is 6.39. The maximum absolute atomic E-state index is 13.1. The first-order valence-corrected chi connectivity index (χ1v) is 10.0. The van der Waals surface area contributed by atoms with Crippen molar-refractivity contribution in [2.24, 2.45) is 4.99 Å². The highest BCUT2D eigenvalue weighted by Crippen LogP contribution is 2.33. The van der Waals surface area contributed by atoms with Crippen LogP contribution in [0.3, 0.4) is 0 Å². The molecule has 1 aliphatic rings. The first kappa shape index (κ1) is 20.4. The summed E-state index contributed by atoms with van der Waals surface area (Å²) in [5.74, 6) is 1.11. The number of Topliss-reactive ketones (excluding diaryl/α,β-unsaturated/α-hetero) is 1. The average molecular weight is 413 g/mol. The lowest BCUT2D eigenvalue weighted by molar-refractivity contribution is 0.104. The molecule has 1 N–H and O–H groups in total. The second-order valence-corrected chi connectivity index (χ2v) is 7.13. The number of rotatable bonds is 7. The first-order chi connectivity index (χ1) is 15.1. The van der Waals surface area contributed by atoms with Crippen LogP contribution in [0, 0.1) is 0 Å². The summed E-state index contributed by atoms with van der Waals surface area (Å²) in [7, 11) is 3.21. The van der Waals surface area contributed by atoms with Gasteiger partial charge in [0.15, 0.2) is 17.3 Å². The average Bonchev–Trinajstić information content (AvgIpc) is 3.07. The molecule has 0 bridgehead atoms. The zero-order valence-electron chi connectivity index (χ0n) is 17.5. The van der Waals surface area contributed by atoms with E-state index in [0.29, 0.717) is 41.3 Å². The number of benzene rings is 3. The molecular weight excluding hydrogens is 390 g/mol.